The summed E-state index contributed by atoms with van der Waals surface area (Å²) in [7, 11) is -1.93. The van der Waals surface area contributed by atoms with Crippen molar-refractivity contribution in [1.29, 1.82) is 0 Å². The number of carbonyl (C=O) groups excluding carboxylic acids is 1. The van der Waals surface area contributed by atoms with Crippen LogP contribution in [0.4, 0.5) is 5.69 Å². The Hall–Kier alpha value is -2.38. The van der Waals surface area contributed by atoms with E-state index in [-0.39, 0.29) is 25.4 Å². The number of carbonyl (C=O) groups is 1. The van der Waals surface area contributed by atoms with Gasteiger partial charge in [-0.1, -0.05) is 36.4 Å². The molecule has 0 fully saturated rings. The molecule has 2 aromatic carbocycles. The molecule has 0 unspecified atom stereocenters. The lowest BCUT2D eigenvalue weighted by atomic mass is 10.2. The van der Waals surface area contributed by atoms with Gasteiger partial charge in [-0.05, 0) is 25.1 Å². The fraction of sp³-hybridized carbons (Fsp3) is 0.350. The predicted molar refractivity (Wildman–Crippen MR) is 107 cm³/mol. The van der Waals surface area contributed by atoms with Gasteiger partial charge in [-0.2, -0.15) is 4.31 Å². The van der Waals surface area contributed by atoms with E-state index in [1.807, 2.05) is 55.5 Å². The van der Waals surface area contributed by atoms with Crippen molar-refractivity contribution in [2.24, 2.45) is 0 Å². The number of ether oxygens (including phenoxy) is 1. The van der Waals surface area contributed by atoms with Gasteiger partial charge in [0.15, 0.2) is 0 Å². The molecule has 7 heteroatoms. The second-order valence-corrected chi connectivity index (χ2v) is 8.11. The second kappa shape index (κ2) is 9.53. The summed E-state index contributed by atoms with van der Waals surface area (Å²) in [6.45, 7) is 2.69. The van der Waals surface area contributed by atoms with Gasteiger partial charge in [-0.25, -0.2) is 8.42 Å². The lowest BCUT2D eigenvalue weighted by molar-refractivity contribution is -0.118. The molecule has 0 atom stereocenters. The highest BCUT2D eigenvalue weighted by Gasteiger charge is 2.22. The molecule has 0 radical (unpaired) electrons. The third-order valence-electron chi connectivity index (χ3n) is 4.27. The normalized spacial score (nSPS) is 11.4. The van der Waals surface area contributed by atoms with E-state index in [4.69, 9.17) is 4.74 Å². The topological polar surface area (TPSA) is 66.9 Å². The summed E-state index contributed by atoms with van der Waals surface area (Å²) in [5.41, 5.74) is 1.56. The van der Waals surface area contributed by atoms with Gasteiger partial charge in [0.2, 0.25) is 15.9 Å². The fourth-order valence-corrected chi connectivity index (χ4v) is 3.65. The fourth-order valence-electron chi connectivity index (χ4n) is 2.85. The van der Waals surface area contributed by atoms with E-state index in [1.165, 1.54) is 4.31 Å². The summed E-state index contributed by atoms with van der Waals surface area (Å²) in [4.78, 5) is 14.3. The van der Waals surface area contributed by atoms with Crippen LogP contribution in [-0.2, 0) is 21.4 Å². The zero-order chi connectivity index (χ0) is 19.9. The Balaban J connectivity index is 2.11. The van der Waals surface area contributed by atoms with Gasteiger partial charge < -0.3 is 9.64 Å². The minimum atomic E-state index is -3.47. The number of hydrogen-bond donors (Lipinski definition) is 0. The molecule has 1 amide bonds. The Kier molecular flexibility index (Phi) is 7.38. The largest absolute Gasteiger partial charge is 0.496 e. The van der Waals surface area contributed by atoms with Crippen molar-refractivity contribution >= 4 is 21.6 Å². The number of para-hydroxylation sites is 2. The first-order valence-electron chi connectivity index (χ1n) is 8.79. The summed E-state index contributed by atoms with van der Waals surface area (Å²) in [6.07, 6.45) is 1.26. The molecule has 0 saturated carbocycles. The molecule has 0 saturated heterocycles. The smallest absolute Gasteiger partial charge is 0.228 e. The highest BCUT2D eigenvalue weighted by molar-refractivity contribution is 7.88. The number of sulfonamides is 1. The van der Waals surface area contributed by atoms with Crippen molar-refractivity contribution in [2.75, 3.05) is 31.4 Å². The standard InChI is InChI=1S/C20H26N2O4S/c1-4-22(18-11-6-5-7-12-18)20(23)14-15-21(27(3,24)25)16-17-10-8-9-13-19(17)26-2/h5-13H,4,14-16H2,1-3H3. The van der Waals surface area contributed by atoms with Crippen molar-refractivity contribution in [2.45, 2.75) is 19.9 Å². The Morgan fingerprint density at radius 1 is 1.04 bits per heavy atom. The van der Waals surface area contributed by atoms with Crippen LogP contribution in [0.5, 0.6) is 5.75 Å². The lowest BCUT2D eigenvalue weighted by Crippen LogP contribution is -2.36. The first-order valence-corrected chi connectivity index (χ1v) is 10.6. The number of anilines is 1. The highest BCUT2D eigenvalue weighted by Crippen LogP contribution is 2.21. The van der Waals surface area contributed by atoms with Crippen LogP contribution < -0.4 is 9.64 Å². The number of benzene rings is 2. The first kappa shape index (κ1) is 20.9. The van der Waals surface area contributed by atoms with Crippen molar-refractivity contribution in [1.82, 2.24) is 4.31 Å². The van der Waals surface area contributed by atoms with Crippen LogP contribution in [-0.4, -0.2) is 45.1 Å². The van der Waals surface area contributed by atoms with Gasteiger partial charge >= 0.3 is 0 Å². The van der Waals surface area contributed by atoms with E-state index in [2.05, 4.69) is 0 Å². The molecule has 0 aliphatic heterocycles. The van der Waals surface area contributed by atoms with Gasteiger partial charge in [-0.3, -0.25) is 4.79 Å². The molecule has 0 heterocycles. The molecule has 6 nitrogen and oxygen atoms in total. The summed E-state index contributed by atoms with van der Waals surface area (Å²) in [5.74, 6) is 0.509. The van der Waals surface area contributed by atoms with E-state index >= 15 is 0 Å². The Bertz CT molecular complexity index is 853. The van der Waals surface area contributed by atoms with E-state index < -0.39 is 10.0 Å². The SMILES string of the molecule is CCN(C(=O)CCN(Cc1ccccc1OC)S(C)(=O)=O)c1ccccc1. The van der Waals surface area contributed by atoms with E-state index in [9.17, 15) is 13.2 Å². The third-order valence-corrected chi connectivity index (χ3v) is 5.52. The van der Waals surface area contributed by atoms with E-state index in [1.54, 1.807) is 18.1 Å². The molecule has 27 heavy (non-hydrogen) atoms. The van der Waals surface area contributed by atoms with Crippen LogP contribution in [0.15, 0.2) is 54.6 Å². The number of rotatable bonds is 9. The Morgan fingerprint density at radius 2 is 1.67 bits per heavy atom. The zero-order valence-corrected chi connectivity index (χ0v) is 16.8. The van der Waals surface area contributed by atoms with Crippen LogP contribution in [0.2, 0.25) is 0 Å². The molecule has 0 aliphatic rings. The van der Waals surface area contributed by atoms with E-state index in [0.717, 1.165) is 17.5 Å². The first-order chi connectivity index (χ1) is 12.9. The third kappa shape index (κ3) is 5.80. The molecular formula is C20H26N2O4S. The van der Waals surface area contributed by atoms with Crippen molar-refractivity contribution in [3.63, 3.8) is 0 Å². The summed E-state index contributed by atoms with van der Waals surface area (Å²) in [5, 5.41) is 0. The minimum absolute atomic E-state index is 0.102. The van der Waals surface area contributed by atoms with Gasteiger partial charge in [0.05, 0.1) is 13.4 Å². The molecule has 0 aromatic heterocycles. The maximum atomic E-state index is 12.7. The molecule has 0 aliphatic carbocycles. The number of nitrogens with zero attached hydrogens (tertiary/aromatic N) is 2. The van der Waals surface area contributed by atoms with Gasteiger partial charge in [0, 0.05) is 37.3 Å². The molecule has 0 spiro atoms. The molecule has 2 rings (SSSR count). The van der Waals surface area contributed by atoms with Gasteiger partial charge in [0.1, 0.15) is 5.75 Å². The van der Waals surface area contributed by atoms with Crippen LogP contribution in [0, 0.1) is 0 Å². The molecule has 0 N–H and O–H groups in total. The summed E-state index contributed by atoms with van der Waals surface area (Å²) in [6, 6.07) is 16.6. The van der Waals surface area contributed by atoms with Gasteiger partial charge in [-0.15, -0.1) is 0 Å². The molecule has 2 aromatic rings. The predicted octanol–water partition coefficient (Wildman–Crippen LogP) is 2.90. The number of methoxy groups -OCH3 is 1. The van der Waals surface area contributed by atoms with Crippen molar-refractivity contribution < 1.29 is 17.9 Å². The maximum Gasteiger partial charge on any atom is 0.228 e. The number of amides is 1. The zero-order valence-electron chi connectivity index (χ0n) is 16.0. The van der Waals surface area contributed by atoms with E-state index in [0.29, 0.717) is 12.3 Å². The minimum Gasteiger partial charge on any atom is -0.496 e. The number of hydrogen-bond acceptors (Lipinski definition) is 4. The second-order valence-electron chi connectivity index (χ2n) is 6.13. The molecule has 0 bridgehead atoms. The Morgan fingerprint density at radius 3 is 2.26 bits per heavy atom. The quantitative estimate of drug-likeness (QED) is 0.660. The summed E-state index contributed by atoms with van der Waals surface area (Å²) >= 11 is 0. The average molecular weight is 391 g/mol. The van der Waals surface area contributed by atoms with Crippen LogP contribution >= 0.6 is 0 Å². The highest BCUT2D eigenvalue weighted by atomic mass is 32.2. The average Bonchev–Trinajstić information content (AvgIpc) is 2.66. The van der Waals surface area contributed by atoms with Crippen molar-refractivity contribution in [3.05, 3.63) is 60.2 Å². The Labute approximate surface area is 161 Å². The maximum absolute atomic E-state index is 12.7. The van der Waals surface area contributed by atoms with Crippen LogP contribution in [0.1, 0.15) is 18.9 Å². The lowest BCUT2D eigenvalue weighted by Gasteiger charge is -2.24. The summed E-state index contributed by atoms with van der Waals surface area (Å²) < 4.78 is 31.0. The monoisotopic (exact) mass is 390 g/mol. The van der Waals surface area contributed by atoms with Crippen molar-refractivity contribution in [3.8, 4) is 5.75 Å². The van der Waals surface area contributed by atoms with Crippen LogP contribution in [0.3, 0.4) is 0 Å². The molecular weight excluding hydrogens is 364 g/mol. The van der Waals surface area contributed by atoms with Crippen LogP contribution in [0.25, 0.3) is 0 Å². The molecule has 146 valence electrons. The van der Waals surface area contributed by atoms with Gasteiger partial charge in [0.25, 0.3) is 0 Å².